The molecule has 98 valence electrons. The van der Waals surface area contributed by atoms with Crippen LogP contribution in [0.4, 0.5) is 0 Å². The minimum atomic E-state index is -0.214. The van der Waals surface area contributed by atoms with Gasteiger partial charge in [-0.25, -0.2) is 0 Å². The first-order valence-electron chi connectivity index (χ1n) is 6.54. The van der Waals surface area contributed by atoms with Gasteiger partial charge in [0.2, 0.25) is 5.91 Å². The van der Waals surface area contributed by atoms with E-state index in [-0.39, 0.29) is 16.5 Å². The Morgan fingerprint density at radius 2 is 2.06 bits per heavy atom. The van der Waals surface area contributed by atoms with Gasteiger partial charge in [-0.3, -0.25) is 10.1 Å². The minimum absolute atomic E-state index is 0.135. The lowest BCUT2D eigenvalue weighted by atomic mass is 9.98. The third-order valence-electron chi connectivity index (χ3n) is 4.18. The molecule has 2 fully saturated rings. The third kappa shape index (κ3) is 2.34. The highest BCUT2D eigenvalue weighted by Crippen LogP contribution is 2.37. The molecule has 1 saturated carbocycles. The fourth-order valence-corrected chi connectivity index (χ4v) is 3.28. The standard InChI is InChI=1S/C13H24N2OS/c1-10-14-13(7-5-6-8-13)11(16)15(10)9-12(2,3)17-4/h10,14H,5-9H2,1-4H3. The van der Waals surface area contributed by atoms with Crippen LogP contribution in [-0.4, -0.2) is 40.1 Å². The van der Waals surface area contributed by atoms with Gasteiger partial charge in [-0.05, 0) is 39.9 Å². The van der Waals surface area contributed by atoms with Crippen molar-refractivity contribution in [2.45, 2.75) is 62.9 Å². The molecule has 2 rings (SSSR count). The predicted molar refractivity (Wildman–Crippen MR) is 73.1 cm³/mol. The van der Waals surface area contributed by atoms with Crippen LogP contribution in [0.1, 0.15) is 46.5 Å². The quantitative estimate of drug-likeness (QED) is 0.840. The lowest BCUT2D eigenvalue weighted by Gasteiger charge is -2.31. The molecule has 0 bridgehead atoms. The first-order valence-corrected chi connectivity index (χ1v) is 7.77. The number of thioether (sulfide) groups is 1. The Bertz CT molecular complexity index is 311. The second-order valence-corrected chi connectivity index (χ2v) is 7.52. The molecule has 0 aromatic heterocycles. The number of carbonyl (C=O) groups excluding carboxylic acids is 1. The van der Waals surface area contributed by atoms with Gasteiger partial charge >= 0.3 is 0 Å². The van der Waals surface area contributed by atoms with Gasteiger partial charge in [0.1, 0.15) is 0 Å². The van der Waals surface area contributed by atoms with Crippen molar-refractivity contribution in [2.24, 2.45) is 0 Å². The van der Waals surface area contributed by atoms with E-state index in [1.165, 1.54) is 12.8 Å². The van der Waals surface area contributed by atoms with Gasteiger partial charge in [0.05, 0.1) is 11.7 Å². The van der Waals surface area contributed by atoms with Gasteiger partial charge in [0.15, 0.2) is 0 Å². The number of hydrogen-bond donors (Lipinski definition) is 1. The van der Waals surface area contributed by atoms with E-state index in [4.69, 9.17) is 0 Å². The van der Waals surface area contributed by atoms with Gasteiger partial charge < -0.3 is 4.90 Å². The number of amides is 1. The molecule has 1 amide bonds. The summed E-state index contributed by atoms with van der Waals surface area (Å²) in [6.45, 7) is 7.36. The molecule has 1 unspecified atom stereocenters. The van der Waals surface area contributed by atoms with Crippen LogP contribution < -0.4 is 5.32 Å². The largest absolute Gasteiger partial charge is 0.324 e. The van der Waals surface area contributed by atoms with Crippen LogP contribution in [0.5, 0.6) is 0 Å². The Balaban J connectivity index is 2.11. The Labute approximate surface area is 109 Å². The number of hydrogen-bond acceptors (Lipinski definition) is 3. The van der Waals surface area contributed by atoms with Crippen molar-refractivity contribution in [3.8, 4) is 0 Å². The first-order chi connectivity index (χ1) is 7.90. The number of nitrogens with zero attached hydrogens (tertiary/aromatic N) is 1. The number of nitrogens with one attached hydrogen (secondary N) is 1. The zero-order valence-corrected chi connectivity index (χ0v) is 12.2. The van der Waals surface area contributed by atoms with Gasteiger partial charge in [-0.2, -0.15) is 11.8 Å². The van der Waals surface area contributed by atoms with E-state index >= 15 is 0 Å². The fraction of sp³-hybridized carbons (Fsp3) is 0.923. The SMILES string of the molecule is CSC(C)(C)CN1C(=O)C2(CCCC2)NC1C. The normalized spacial score (nSPS) is 28.4. The van der Waals surface area contributed by atoms with E-state index < -0.39 is 0 Å². The lowest BCUT2D eigenvalue weighted by molar-refractivity contribution is -0.133. The summed E-state index contributed by atoms with van der Waals surface area (Å²) in [5, 5.41) is 3.54. The maximum Gasteiger partial charge on any atom is 0.244 e. The summed E-state index contributed by atoms with van der Waals surface area (Å²) in [5.41, 5.74) is -0.214. The van der Waals surface area contributed by atoms with E-state index in [0.717, 1.165) is 19.4 Å². The molecule has 3 nitrogen and oxygen atoms in total. The molecule has 1 atom stereocenters. The maximum atomic E-state index is 12.6. The van der Waals surface area contributed by atoms with Crippen molar-refractivity contribution < 1.29 is 4.79 Å². The summed E-state index contributed by atoms with van der Waals surface area (Å²) in [6, 6.07) is 0. The molecule has 17 heavy (non-hydrogen) atoms. The van der Waals surface area contributed by atoms with E-state index in [2.05, 4.69) is 32.3 Å². The molecule has 1 saturated heterocycles. The summed E-state index contributed by atoms with van der Waals surface area (Å²) >= 11 is 1.83. The van der Waals surface area contributed by atoms with Crippen LogP contribution in [0.25, 0.3) is 0 Å². The summed E-state index contributed by atoms with van der Waals surface area (Å²) in [5.74, 6) is 0.338. The summed E-state index contributed by atoms with van der Waals surface area (Å²) in [7, 11) is 0. The molecule has 0 aromatic carbocycles. The lowest BCUT2D eigenvalue weighted by Crippen LogP contribution is -2.45. The fourth-order valence-electron chi connectivity index (χ4n) is 3.01. The van der Waals surface area contributed by atoms with Crippen molar-refractivity contribution in [3.63, 3.8) is 0 Å². The first kappa shape index (κ1) is 13.2. The number of carbonyl (C=O) groups is 1. The van der Waals surface area contributed by atoms with Gasteiger partial charge in [0, 0.05) is 11.3 Å². The smallest absolute Gasteiger partial charge is 0.244 e. The van der Waals surface area contributed by atoms with Crippen molar-refractivity contribution in [2.75, 3.05) is 12.8 Å². The van der Waals surface area contributed by atoms with E-state index in [1.807, 2.05) is 16.7 Å². The summed E-state index contributed by atoms with van der Waals surface area (Å²) in [4.78, 5) is 14.6. The molecule has 0 aromatic rings. The van der Waals surface area contributed by atoms with E-state index in [1.54, 1.807) is 0 Å². The molecular weight excluding hydrogens is 232 g/mol. The van der Waals surface area contributed by atoms with Crippen molar-refractivity contribution in [1.82, 2.24) is 10.2 Å². The average Bonchev–Trinajstić information content (AvgIpc) is 2.81. The molecular formula is C13H24N2OS. The van der Waals surface area contributed by atoms with Crippen molar-refractivity contribution in [1.29, 1.82) is 0 Å². The predicted octanol–water partition coefficient (Wildman–Crippen LogP) is 2.22. The Morgan fingerprint density at radius 1 is 1.47 bits per heavy atom. The Hall–Kier alpha value is -0.220. The monoisotopic (exact) mass is 256 g/mol. The Morgan fingerprint density at radius 3 is 2.59 bits per heavy atom. The molecule has 0 radical (unpaired) electrons. The average molecular weight is 256 g/mol. The topological polar surface area (TPSA) is 32.3 Å². The van der Waals surface area contributed by atoms with Gasteiger partial charge in [-0.1, -0.05) is 12.8 Å². The summed E-state index contributed by atoms with van der Waals surface area (Å²) < 4.78 is 0.135. The van der Waals surface area contributed by atoms with Crippen LogP contribution >= 0.6 is 11.8 Å². The minimum Gasteiger partial charge on any atom is -0.324 e. The highest BCUT2D eigenvalue weighted by atomic mass is 32.2. The van der Waals surface area contributed by atoms with Crippen LogP contribution in [0.15, 0.2) is 0 Å². The molecule has 1 aliphatic carbocycles. The molecule has 1 heterocycles. The van der Waals surface area contributed by atoms with Gasteiger partial charge in [-0.15, -0.1) is 0 Å². The maximum absolute atomic E-state index is 12.6. The Kier molecular flexibility index (Phi) is 3.47. The molecule has 4 heteroatoms. The molecule has 2 aliphatic rings. The van der Waals surface area contributed by atoms with Gasteiger partial charge in [0.25, 0.3) is 0 Å². The highest BCUT2D eigenvalue weighted by Gasteiger charge is 2.51. The van der Waals surface area contributed by atoms with Crippen LogP contribution in [0, 0.1) is 0 Å². The van der Waals surface area contributed by atoms with E-state index in [9.17, 15) is 4.79 Å². The van der Waals surface area contributed by atoms with Crippen LogP contribution in [0.2, 0.25) is 0 Å². The second kappa shape index (κ2) is 4.47. The van der Waals surface area contributed by atoms with Crippen LogP contribution in [0.3, 0.4) is 0 Å². The summed E-state index contributed by atoms with van der Waals surface area (Å²) in [6.07, 6.45) is 6.71. The second-order valence-electron chi connectivity index (χ2n) is 6.01. The van der Waals surface area contributed by atoms with Crippen molar-refractivity contribution in [3.05, 3.63) is 0 Å². The van der Waals surface area contributed by atoms with Crippen LogP contribution in [-0.2, 0) is 4.79 Å². The van der Waals surface area contributed by atoms with Crippen molar-refractivity contribution >= 4 is 17.7 Å². The highest BCUT2D eigenvalue weighted by molar-refractivity contribution is 7.99. The molecule has 1 spiro atoms. The third-order valence-corrected chi connectivity index (χ3v) is 5.42. The van der Waals surface area contributed by atoms with E-state index in [0.29, 0.717) is 5.91 Å². The zero-order valence-electron chi connectivity index (χ0n) is 11.4. The molecule has 1 N–H and O–H groups in total. The molecule has 1 aliphatic heterocycles. The zero-order chi connectivity index (χ0) is 12.7. The number of rotatable bonds is 3.